The summed E-state index contributed by atoms with van der Waals surface area (Å²) in [4.78, 5) is 12.0. The van der Waals surface area contributed by atoms with Crippen molar-refractivity contribution in [2.24, 2.45) is 0 Å². The molecule has 5 heteroatoms. The van der Waals surface area contributed by atoms with Crippen LogP contribution in [0.3, 0.4) is 0 Å². The predicted octanol–water partition coefficient (Wildman–Crippen LogP) is 2.02. The van der Waals surface area contributed by atoms with Crippen molar-refractivity contribution in [3.05, 3.63) is 41.6 Å². The monoisotopic (exact) mass is 242 g/mol. The third-order valence-corrected chi connectivity index (χ3v) is 3.05. The minimum atomic E-state index is -0.118. The van der Waals surface area contributed by atoms with Crippen LogP contribution in [-0.2, 0) is 6.42 Å². The lowest BCUT2D eigenvalue weighted by atomic mass is 10.0. The number of aromatic amines is 1. The van der Waals surface area contributed by atoms with Gasteiger partial charge in [-0.15, -0.1) is 0 Å². The van der Waals surface area contributed by atoms with Crippen molar-refractivity contribution in [2.75, 3.05) is 17.2 Å². The maximum absolute atomic E-state index is 12.0. The third kappa shape index (κ3) is 2.07. The van der Waals surface area contributed by atoms with Crippen LogP contribution in [0, 0.1) is 0 Å². The molecule has 1 amide bonds. The molecule has 1 aliphatic rings. The zero-order chi connectivity index (χ0) is 12.4. The lowest BCUT2D eigenvalue weighted by Crippen LogP contribution is -2.15. The van der Waals surface area contributed by atoms with E-state index in [2.05, 4.69) is 20.8 Å². The van der Waals surface area contributed by atoms with E-state index in [0.717, 1.165) is 25.1 Å². The van der Waals surface area contributed by atoms with E-state index in [0.29, 0.717) is 11.4 Å². The molecule has 0 saturated heterocycles. The van der Waals surface area contributed by atoms with Crippen molar-refractivity contribution in [3.63, 3.8) is 0 Å². The Morgan fingerprint density at radius 1 is 1.33 bits per heavy atom. The van der Waals surface area contributed by atoms with Crippen LogP contribution >= 0.6 is 0 Å². The van der Waals surface area contributed by atoms with Crippen LogP contribution < -0.4 is 10.6 Å². The van der Waals surface area contributed by atoms with Crippen molar-refractivity contribution < 1.29 is 4.79 Å². The molecule has 0 unspecified atom stereocenters. The Hall–Kier alpha value is -2.30. The van der Waals surface area contributed by atoms with Gasteiger partial charge in [-0.2, -0.15) is 5.10 Å². The molecule has 3 N–H and O–H groups in total. The van der Waals surface area contributed by atoms with Crippen LogP contribution in [0.4, 0.5) is 11.5 Å². The van der Waals surface area contributed by atoms with Crippen LogP contribution in [0.15, 0.2) is 30.5 Å². The molecule has 0 saturated carbocycles. The Kier molecular flexibility index (Phi) is 2.72. The van der Waals surface area contributed by atoms with Gasteiger partial charge in [-0.1, -0.05) is 0 Å². The van der Waals surface area contributed by atoms with E-state index >= 15 is 0 Å². The van der Waals surface area contributed by atoms with Crippen molar-refractivity contribution in [3.8, 4) is 0 Å². The number of nitrogens with zero attached hydrogens (tertiary/aromatic N) is 1. The molecule has 5 nitrogen and oxygen atoms in total. The van der Waals surface area contributed by atoms with E-state index in [1.165, 1.54) is 5.56 Å². The summed E-state index contributed by atoms with van der Waals surface area (Å²) < 4.78 is 0. The Balaban J connectivity index is 1.81. The number of nitrogens with one attached hydrogen (secondary N) is 3. The summed E-state index contributed by atoms with van der Waals surface area (Å²) in [5.74, 6) is 0.489. The summed E-state index contributed by atoms with van der Waals surface area (Å²) in [5, 5.41) is 12.6. The van der Waals surface area contributed by atoms with Crippen molar-refractivity contribution in [1.82, 2.24) is 10.2 Å². The lowest BCUT2D eigenvalue weighted by Gasteiger charge is -2.18. The molecular weight excluding hydrogens is 228 g/mol. The molecule has 1 aliphatic heterocycles. The van der Waals surface area contributed by atoms with Gasteiger partial charge in [0.15, 0.2) is 0 Å². The first-order valence-electron chi connectivity index (χ1n) is 6.00. The van der Waals surface area contributed by atoms with Gasteiger partial charge in [0.05, 0.1) is 6.20 Å². The second kappa shape index (κ2) is 4.52. The fraction of sp³-hybridized carbons (Fsp3) is 0.231. The average Bonchev–Trinajstić information content (AvgIpc) is 2.91. The average molecular weight is 242 g/mol. The molecular formula is C13H14N4O. The quantitative estimate of drug-likeness (QED) is 0.754. The van der Waals surface area contributed by atoms with Gasteiger partial charge < -0.3 is 10.6 Å². The molecule has 18 heavy (non-hydrogen) atoms. The summed E-state index contributed by atoms with van der Waals surface area (Å²) in [6.07, 6.45) is 3.73. The molecule has 0 aliphatic carbocycles. The van der Waals surface area contributed by atoms with E-state index in [1.807, 2.05) is 18.2 Å². The van der Waals surface area contributed by atoms with E-state index in [9.17, 15) is 4.79 Å². The second-order valence-corrected chi connectivity index (χ2v) is 4.33. The standard InChI is InChI=1S/C13H14N4O/c18-13(16-12-5-7-15-17-12)10-3-4-11-9(8-10)2-1-6-14-11/h3-5,7-8,14H,1-2,6H2,(H2,15,16,17,18). The molecule has 2 heterocycles. The van der Waals surface area contributed by atoms with Gasteiger partial charge in [0.1, 0.15) is 5.82 Å². The van der Waals surface area contributed by atoms with Crippen LogP contribution in [-0.4, -0.2) is 22.6 Å². The van der Waals surface area contributed by atoms with Crippen LogP contribution in [0.2, 0.25) is 0 Å². The molecule has 92 valence electrons. The number of aromatic nitrogens is 2. The molecule has 0 radical (unpaired) electrons. The number of hydrogen-bond acceptors (Lipinski definition) is 3. The summed E-state index contributed by atoms with van der Waals surface area (Å²) >= 11 is 0. The van der Waals surface area contributed by atoms with E-state index in [1.54, 1.807) is 12.3 Å². The molecule has 0 fully saturated rings. The Morgan fingerprint density at radius 3 is 3.11 bits per heavy atom. The highest BCUT2D eigenvalue weighted by Gasteiger charge is 2.12. The van der Waals surface area contributed by atoms with E-state index in [-0.39, 0.29) is 5.91 Å². The fourth-order valence-electron chi connectivity index (χ4n) is 2.14. The number of fused-ring (bicyclic) bond motifs is 1. The highest BCUT2D eigenvalue weighted by molar-refractivity contribution is 6.04. The van der Waals surface area contributed by atoms with Crippen LogP contribution in [0.25, 0.3) is 0 Å². The maximum Gasteiger partial charge on any atom is 0.256 e. The number of hydrogen-bond donors (Lipinski definition) is 3. The molecule has 2 aromatic rings. The summed E-state index contributed by atoms with van der Waals surface area (Å²) in [7, 11) is 0. The number of amides is 1. The second-order valence-electron chi connectivity index (χ2n) is 4.33. The smallest absolute Gasteiger partial charge is 0.256 e. The predicted molar refractivity (Wildman–Crippen MR) is 69.8 cm³/mol. The number of carbonyl (C=O) groups excluding carboxylic acids is 1. The maximum atomic E-state index is 12.0. The molecule has 0 atom stereocenters. The minimum Gasteiger partial charge on any atom is -0.385 e. The van der Waals surface area contributed by atoms with Gasteiger partial charge in [0.2, 0.25) is 0 Å². The molecule has 0 bridgehead atoms. The Labute approximate surface area is 105 Å². The van der Waals surface area contributed by atoms with Crippen molar-refractivity contribution in [2.45, 2.75) is 12.8 Å². The number of anilines is 2. The fourth-order valence-corrected chi connectivity index (χ4v) is 2.14. The first-order valence-corrected chi connectivity index (χ1v) is 6.00. The first kappa shape index (κ1) is 10.8. The van der Waals surface area contributed by atoms with Gasteiger partial charge >= 0.3 is 0 Å². The lowest BCUT2D eigenvalue weighted by molar-refractivity contribution is 0.102. The molecule has 0 spiro atoms. The Bertz CT molecular complexity index is 562. The molecule has 3 rings (SSSR count). The first-order chi connectivity index (χ1) is 8.83. The van der Waals surface area contributed by atoms with E-state index < -0.39 is 0 Å². The number of aryl methyl sites for hydroxylation is 1. The number of H-pyrrole nitrogens is 1. The van der Waals surface area contributed by atoms with Gasteiger partial charge in [0, 0.05) is 23.9 Å². The highest BCUT2D eigenvalue weighted by atomic mass is 16.1. The third-order valence-electron chi connectivity index (χ3n) is 3.05. The van der Waals surface area contributed by atoms with Gasteiger partial charge in [-0.05, 0) is 36.6 Å². The number of rotatable bonds is 2. The van der Waals surface area contributed by atoms with Gasteiger partial charge in [-0.25, -0.2) is 0 Å². The van der Waals surface area contributed by atoms with Crippen molar-refractivity contribution >= 4 is 17.4 Å². The number of carbonyl (C=O) groups is 1. The summed E-state index contributed by atoms with van der Waals surface area (Å²) in [5.41, 5.74) is 3.02. The van der Waals surface area contributed by atoms with Crippen LogP contribution in [0.5, 0.6) is 0 Å². The largest absolute Gasteiger partial charge is 0.385 e. The van der Waals surface area contributed by atoms with Crippen LogP contribution in [0.1, 0.15) is 22.3 Å². The highest BCUT2D eigenvalue weighted by Crippen LogP contribution is 2.23. The zero-order valence-electron chi connectivity index (χ0n) is 9.86. The number of benzene rings is 1. The Morgan fingerprint density at radius 2 is 2.28 bits per heavy atom. The summed E-state index contributed by atoms with van der Waals surface area (Å²) in [6, 6.07) is 7.48. The SMILES string of the molecule is O=C(Nc1ccn[nH]1)c1ccc2c(c1)CCCN2. The molecule has 1 aromatic carbocycles. The van der Waals surface area contributed by atoms with Gasteiger partial charge in [-0.3, -0.25) is 9.89 Å². The zero-order valence-corrected chi connectivity index (χ0v) is 9.86. The molecule has 1 aromatic heterocycles. The summed E-state index contributed by atoms with van der Waals surface area (Å²) in [6.45, 7) is 1.01. The van der Waals surface area contributed by atoms with Crippen molar-refractivity contribution in [1.29, 1.82) is 0 Å². The topological polar surface area (TPSA) is 69.8 Å². The van der Waals surface area contributed by atoms with Gasteiger partial charge in [0.25, 0.3) is 5.91 Å². The normalized spacial score (nSPS) is 13.6. The van der Waals surface area contributed by atoms with E-state index in [4.69, 9.17) is 0 Å². The minimum absolute atomic E-state index is 0.118.